The molecule has 0 heterocycles. The Kier molecular flexibility index (Phi) is 10.6. The zero-order valence-corrected chi connectivity index (χ0v) is 17.9. The Hall–Kier alpha value is -2.17. The van der Waals surface area contributed by atoms with E-state index >= 15 is 0 Å². The van der Waals surface area contributed by atoms with Crippen molar-refractivity contribution in [3.63, 3.8) is 0 Å². The van der Waals surface area contributed by atoms with Gasteiger partial charge in [0.15, 0.2) is 0 Å². The third kappa shape index (κ3) is 9.55. The monoisotopic (exact) mass is 421 g/mol. The molecule has 2 rings (SSSR count). The summed E-state index contributed by atoms with van der Waals surface area (Å²) in [5.41, 5.74) is 1.24. The molecule has 1 N–H and O–H groups in total. The molecule has 0 aliphatic rings. The van der Waals surface area contributed by atoms with Crippen molar-refractivity contribution in [1.82, 2.24) is 0 Å². The number of hydrogen-bond acceptors (Lipinski definition) is 2. The molecular formula is C25H34F3NO. The van der Waals surface area contributed by atoms with Gasteiger partial charge in [0.05, 0.1) is 12.2 Å². The summed E-state index contributed by atoms with van der Waals surface area (Å²) < 4.78 is 43.6. The minimum Gasteiger partial charge on any atom is -0.494 e. The van der Waals surface area contributed by atoms with E-state index in [0.29, 0.717) is 13.0 Å². The second-order valence-corrected chi connectivity index (χ2v) is 7.72. The van der Waals surface area contributed by atoms with E-state index in [0.717, 1.165) is 42.2 Å². The van der Waals surface area contributed by atoms with Gasteiger partial charge in [-0.1, -0.05) is 64.0 Å². The van der Waals surface area contributed by atoms with E-state index < -0.39 is 11.7 Å². The van der Waals surface area contributed by atoms with Crippen molar-refractivity contribution in [3.05, 3.63) is 59.7 Å². The molecule has 0 saturated carbocycles. The van der Waals surface area contributed by atoms with Gasteiger partial charge in [0.25, 0.3) is 0 Å². The van der Waals surface area contributed by atoms with Crippen molar-refractivity contribution in [2.24, 2.45) is 0 Å². The molecule has 30 heavy (non-hydrogen) atoms. The Morgan fingerprint density at radius 2 is 1.37 bits per heavy atom. The van der Waals surface area contributed by atoms with Gasteiger partial charge in [-0.3, -0.25) is 0 Å². The van der Waals surface area contributed by atoms with Crippen molar-refractivity contribution < 1.29 is 17.9 Å². The van der Waals surface area contributed by atoms with E-state index in [-0.39, 0.29) is 0 Å². The maximum atomic E-state index is 12.6. The van der Waals surface area contributed by atoms with E-state index in [1.54, 1.807) is 0 Å². The number of alkyl halides is 3. The SMILES string of the molecule is CCCCCCCCCCOc1ccc(NCCc2ccc(C(F)(F)F)cc2)cc1. The minimum absolute atomic E-state index is 0.609. The molecule has 0 amide bonds. The second kappa shape index (κ2) is 13.2. The first kappa shape index (κ1) is 24.1. The first-order valence-electron chi connectivity index (χ1n) is 11.1. The second-order valence-electron chi connectivity index (χ2n) is 7.72. The molecule has 0 bridgehead atoms. The first-order chi connectivity index (χ1) is 14.5. The Labute approximate surface area is 178 Å². The third-order valence-corrected chi connectivity index (χ3v) is 5.14. The molecule has 5 heteroatoms. The fraction of sp³-hybridized carbons (Fsp3) is 0.520. The molecular weight excluding hydrogens is 387 g/mol. The zero-order chi connectivity index (χ0) is 21.7. The van der Waals surface area contributed by atoms with Crippen LogP contribution in [-0.2, 0) is 12.6 Å². The van der Waals surface area contributed by atoms with Crippen LogP contribution in [0.4, 0.5) is 18.9 Å². The van der Waals surface area contributed by atoms with Gasteiger partial charge in [-0.05, 0) is 54.8 Å². The average molecular weight is 422 g/mol. The molecule has 0 unspecified atom stereocenters. The molecule has 0 fully saturated rings. The summed E-state index contributed by atoms with van der Waals surface area (Å²) in [7, 11) is 0. The molecule has 0 radical (unpaired) electrons. The number of halogens is 3. The third-order valence-electron chi connectivity index (χ3n) is 5.14. The predicted octanol–water partition coefficient (Wildman–Crippen LogP) is 7.88. The van der Waals surface area contributed by atoms with Gasteiger partial charge in [0, 0.05) is 12.2 Å². The van der Waals surface area contributed by atoms with Crippen LogP contribution < -0.4 is 10.1 Å². The maximum Gasteiger partial charge on any atom is 0.416 e. The smallest absolute Gasteiger partial charge is 0.416 e. The number of rotatable bonds is 14. The average Bonchev–Trinajstić information content (AvgIpc) is 2.73. The Morgan fingerprint density at radius 3 is 1.97 bits per heavy atom. The first-order valence-corrected chi connectivity index (χ1v) is 11.1. The van der Waals surface area contributed by atoms with Gasteiger partial charge < -0.3 is 10.1 Å². The normalized spacial score (nSPS) is 11.5. The molecule has 2 aromatic carbocycles. The van der Waals surface area contributed by atoms with E-state index in [1.807, 2.05) is 24.3 Å². The Morgan fingerprint density at radius 1 is 0.767 bits per heavy atom. The lowest BCUT2D eigenvalue weighted by Crippen LogP contribution is -2.07. The lowest BCUT2D eigenvalue weighted by molar-refractivity contribution is -0.137. The largest absolute Gasteiger partial charge is 0.494 e. The van der Waals surface area contributed by atoms with Crippen molar-refractivity contribution in [1.29, 1.82) is 0 Å². The highest BCUT2D eigenvalue weighted by molar-refractivity contribution is 5.46. The fourth-order valence-corrected chi connectivity index (χ4v) is 3.31. The van der Waals surface area contributed by atoms with Crippen LogP contribution >= 0.6 is 0 Å². The van der Waals surface area contributed by atoms with E-state index in [4.69, 9.17) is 4.74 Å². The highest BCUT2D eigenvalue weighted by Gasteiger charge is 2.29. The van der Waals surface area contributed by atoms with Gasteiger partial charge in [-0.25, -0.2) is 0 Å². The van der Waals surface area contributed by atoms with Crippen LogP contribution in [-0.4, -0.2) is 13.2 Å². The van der Waals surface area contributed by atoms with Crippen LogP contribution in [0.2, 0.25) is 0 Å². The number of unbranched alkanes of at least 4 members (excludes halogenated alkanes) is 7. The molecule has 0 saturated heterocycles. The predicted molar refractivity (Wildman–Crippen MR) is 118 cm³/mol. The highest BCUT2D eigenvalue weighted by atomic mass is 19.4. The van der Waals surface area contributed by atoms with Gasteiger partial charge in [-0.2, -0.15) is 13.2 Å². The van der Waals surface area contributed by atoms with Crippen molar-refractivity contribution >= 4 is 5.69 Å². The van der Waals surface area contributed by atoms with Crippen LogP contribution in [0.25, 0.3) is 0 Å². The fourth-order valence-electron chi connectivity index (χ4n) is 3.31. The topological polar surface area (TPSA) is 21.3 Å². The Balaban J connectivity index is 1.58. The van der Waals surface area contributed by atoms with Crippen LogP contribution in [0.1, 0.15) is 69.4 Å². The van der Waals surface area contributed by atoms with Crippen LogP contribution in [0.3, 0.4) is 0 Å². The quantitative estimate of drug-likeness (QED) is 0.313. The molecule has 0 spiro atoms. The van der Waals surface area contributed by atoms with E-state index in [2.05, 4.69) is 12.2 Å². The van der Waals surface area contributed by atoms with Crippen molar-refractivity contribution in [2.75, 3.05) is 18.5 Å². The highest BCUT2D eigenvalue weighted by Crippen LogP contribution is 2.29. The standard InChI is InChI=1S/C25H34F3NO/c1-2-3-4-5-6-7-8-9-20-30-24-16-14-23(15-17-24)29-19-18-21-10-12-22(13-11-21)25(26,27)28/h10-17,29H,2-9,18-20H2,1H3. The Bertz CT molecular complexity index is 696. The van der Waals surface area contributed by atoms with Gasteiger partial charge in [-0.15, -0.1) is 0 Å². The number of hydrogen-bond donors (Lipinski definition) is 1. The van der Waals surface area contributed by atoms with Crippen molar-refractivity contribution in [2.45, 2.75) is 70.9 Å². The minimum atomic E-state index is -4.28. The van der Waals surface area contributed by atoms with Gasteiger partial charge in [0.2, 0.25) is 0 Å². The number of nitrogens with one attached hydrogen (secondary N) is 1. The summed E-state index contributed by atoms with van der Waals surface area (Å²) in [5, 5.41) is 3.29. The number of anilines is 1. The summed E-state index contributed by atoms with van der Waals surface area (Å²) in [6.45, 7) is 3.64. The van der Waals surface area contributed by atoms with Gasteiger partial charge >= 0.3 is 6.18 Å². The van der Waals surface area contributed by atoms with E-state index in [1.165, 1.54) is 57.1 Å². The van der Waals surface area contributed by atoms with Crippen LogP contribution in [0, 0.1) is 0 Å². The number of ether oxygens (including phenoxy) is 1. The molecule has 0 aliphatic heterocycles. The molecule has 2 nitrogen and oxygen atoms in total. The van der Waals surface area contributed by atoms with Crippen LogP contribution in [0.15, 0.2) is 48.5 Å². The lowest BCUT2D eigenvalue weighted by Gasteiger charge is -2.10. The summed E-state index contributed by atoms with van der Waals surface area (Å²) in [6, 6.07) is 13.2. The zero-order valence-electron chi connectivity index (χ0n) is 17.9. The molecule has 0 aromatic heterocycles. The summed E-state index contributed by atoms with van der Waals surface area (Å²) >= 11 is 0. The van der Waals surface area contributed by atoms with Gasteiger partial charge in [0.1, 0.15) is 5.75 Å². The lowest BCUT2D eigenvalue weighted by atomic mass is 10.1. The molecule has 0 atom stereocenters. The maximum absolute atomic E-state index is 12.6. The van der Waals surface area contributed by atoms with E-state index in [9.17, 15) is 13.2 Å². The molecule has 2 aromatic rings. The summed E-state index contributed by atoms with van der Waals surface area (Å²) in [6.07, 6.45) is 6.64. The molecule has 166 valence electrons. The summed E-state index contributed by atoms with van der Waals surface area (Å²) in [5.74, 6) is 0.867. The number of benzene rings is 2. The van der Waals surface area contributed by atoms with Crippen molar-refractivity contribution in [3.8, 4) is 5.75 Å². The van der Waals surface area contributed by atoms with Crippen LogP contribution in [0.5, 0.6) is 5.75 Å². The molecule has 0 aliphatic carbocycles. The summed E-state index contributed by atoms with van der Waals surface area (Å²) in [4.78, 5) is 0.